The third kappa shape index (κ3) is 2.65. The average Bonchev–Trinajstić information content (AvgIpc) is 2.69. The van der Waals surface area contributed by atoms with Gasteiger partial charge >= 0.3 is 6.18 Å². The fourth-order valence-corrected chi connectivity index (χ4v) is 1.76. The smallest absolute Gasteiger partial charge is 0.339 e. The minimum absolute atomic E-state index is 0. The lowest BCUT2D eigenvalue weighted by Gasteiger charge is -2.01. The molecule has 0 unspecified atom stereocenters. The first-order valence-electron chi connectivity index (χ1n) is 4.63. The van der Waals surface area contributed by atoms with Crippen LogP contribution in [0.4, 0.5) is 13.2 Å². The number of rotatable bonds is 1. The summed E-state index contributed by atoms with van der Waals surface area (Å²) in [5, 5.41) is 2.91. The molecule has 4 nitrogen and oxygen atoms in total. The first kappa shape index (κ1) is 13.2. The predicted octanol–water partition coefficient (Wildman–Crippen LogP) is 2.10. The molecule has 0 aliphatic heterocycles. The lowest BCUT2D eigenvalue weighted by atomic mass is 10.1. The van der Waals surface area contributed by atoms with E-state index in [2.05, 4.69) is 14.7 Å². The molecule has 1 aromatic heterocycles. The number of halogens is 4. The topological polar surface area (TPSA) is 64.9 Å². The number of hydrogen-bond acceptors (Lipinski definition) is 4. The molecule has 0 amide bonds. The minimum Gasteiger partial charge on any atom is -0.339 e. The molecule has 1 saturated carbocycles. The van der Waals surface area contributed by atoms with Gasteiger partial charge in [-0.05, 0) is 19.3 Å². The molecule has 0 saturated heterocycles. The molecule has 16 heavy (non-hydrogen) atoms. The summed E-state index contributed by atoms with van der Waals surface area (Å²) >= 11 is 0. The van der Waals surface area contributed by atoms with Gasteiger partial charge in [0, 0.05) is 12.0 Å². The van der Waals surface area contributed by atoms with Crippen LogP contribution in [0.2, 0.25) is 0 Å². The van der Waals surface area contributed by atoms with Gasteiger partial charge in [-0.15, -0.1) is 12.4 Å². The molecule has 92 valence electrons. The summed E-state index contributed by atoms with van der Waals surface area (Å²) in [7, 11) is 0. The van der Waals surface area contributed by atoms with E-state index < -0.39 is 12.0 Å². The first-order chi connectivity index (χ1) is 6.97. The summed E-state index contributed by atoms with van der Waals surface area (Å²) in [4.78, 5) is 3.34. The maximum Gasteiger partial charge on any atom is 0.455 e. The summed E-state index contributed by atoms with van der Waals surface area (Å²) in [6, 6.07) is 0.0243. The van der Waals surface area contributed by atoms with E-state index in [1.807, 2.05) is 0 Å². The highest BCUT2D eigenvalue weighted by molar-refractivity contribution is 5.85. The monoisotopic (exact) mass is 257 g/mol. The molecule has 0 bridgehead atoms. The number of nitrogens with zero attached hydrogens (tertiary/aromatic N) is 2. The zero-order valence-corrected chi connectivity index (χ0v) is 9.01. The molecule has 8 heteroatoms. The molecule has 1 aliphatic carbocycles. The second kappa shape index (κ2) is 4.58. The third-order valence-corrected chi connectivity index (χ3v) is 2.52. The SMILES string of the molecule is Cl.N[C@@H]1CC[C@H](c2nc(C(F)(F)F)no2)C1. The molecule has 1 aliphatic rings. The first-order valence-corrected chi connectivity index (χ1v) is 4.63. The van der Waals surface area contributed by atoms with E-state index in [1.54, 1.807) is 0 Å². The highest BCUT2D eigenvalue weighted by atomic mass is 35.5. The predicted molar refractivity (Wildman–Crippen MR) is 51.1 cm³/mol. The average molecular weight is 258 g/mol. The number of aromatic nitrogens is 2. The quantitative estimate of drug-likeness (QED) is 0.837. The standard InChI is InChI=1S/C8H10F3N3O.ClH/c9-8(10,11)7-13-6(15-14-7)4-1-2-5(12)3-4;/h4-5H,1-3,12H2;1H/t4-,5+;/m0./s1. The summed E-state index contributed by atoms with van der Waals surface area (Å²) in [5.41, 5.74) is 5.64. The molecule has 0 radical (unpaired) electrons. The Hall–Kier alpha value is -0.820. The van der Waals surface area contributed by atoms with Gasteiger partial charge in [0.15, 0.2) is 0 Å². The molecule has 2 atom stereocenters. The highest BCUT2D eigenvalue weighted by Crippen LogP contribution is 2.34. The van der Waals surface area contributed by atoms with Crippen molar-refractivity contribution in [2.24, 2.45) is 5.73 Å². The Bertz CT molecular complexity index is 355. The van der Waals surface area contributed by atoms with Gasteiger partial charge in [-0.1, -0.05) is 5.16 Å². The second-order valence-electron chi connectivity index (χ2n) is 3.72. The van der Waals surface area contributed by atoms with Crippen molar-refractivity contribution < 1.29 is 17.7 Å². The molecule has 0 spiro atoms. The van der Waals surface area contributed by atoms with Crippen LogP contribution in [-0.4, -0.2) is 16.2 Å². The Morgan fingerprint density at radius 2 is 2.00 bits per heavy atom. The number of alkyl halides is 3. The van der Waals surface area contributed by atoms with Crippen LogP contribution in [-0.2, 0) is 6.18 Å². The van der Waals surface area contributed by atoms with E-state index in [-0.39, 0.29) is 30.3 Å². The van der Waals surface area contributed by atoms with Crippen LogP contribution in [0.5, 0.6) is 0 Å². The van der Waals surface area contributed by atoms with Crippen molar-refractivity contribution in [2.75, 3.05) is 0 Å². The van der Waals surface area contributed by atoms with Gasteiger partial charge in [0.1, 0.15) is 0 Å². The molecule has 2 rings (SSSR count). The molecule has 0 aromatic carbocycles. The van der Waals surface area contributed by atoms with Gasteiger partial charge in [-0.3, -0.25) is 0 Å². The minimum atomic E-state index is -4.54. The normalized spacial score (nSPS) is 25.5. The van der Waals surface area contributed by atoms with Crippen LogP contribution in [0.15, 0.2) is 4.52 Å². The second-order valence-corrected chi connectivity index (χ2v) is 3.72. The van der Waals surface area contributed by atoms with Crippen molar-refractivity contribution in [3.8, 4) is 0 Å². The van der Waals surface area contributed by atoms with E-state index in [0.717, 1.165) is 6.42 Å². The Labute approximate surface area is 95.8 Å². The zero-order valence-electron chi connectivity index (χ0n) is 8.20. The Morgan fingerprint density at radius 3 is 2.44 bits per heavy atom. The lowest BCUT2D eigenvalue weighted by molar-refractivity contribution is -0.146. The van der Waals surface area contributed by atoms with Gasteiger partial charge < -0.3 is 10.3 Å². The lowest BCUT2D eigenvalue weighted by Crippen LogP contribution is -2.14. The Balaban J connectivity index is 0.00000128. The molecular formula is C8H11ClF3N3O. The Morgan fingerprint density at radius 1 is 1.31 bits per heavy atom. The van der Waals surface area contributed by atoms with Crippen molar-refractivity contribution in [3.63, 3.8) is 0 Å². The molecular weight excluding hydrogens is 247 g/mol. The highest BCUT2D eigenvalue weighted by Gasteiger charge is 2.38. The summed E-state index contributed by atoms with van der Waals surface area (Å²) in [5.74, 6) is -1.28. The maximum atomic E-state index is 12.2. The van der Waals surface area contributed by atoms with Crippen molar-refractivity contribution in [3.05, 3.63) is 11.7 Å². The maximum absolute atomic E-state index is 12.2. The van der Waals surface area contributed by atoms with Crippen molar-refractivity contribution in [1.29, 1.82) is 0 Å². The number of nitrogens with two attached hydrogens (primary N) is 1. The molecule has 2 N–H and O–H groups in total. The molecule has 1 fully saturated rings. The summed E-state index contributed by atoms with van der Waals surface area (Å²) in [6.07, 6.45) is -2.43. The fourth-order valence-electron chi connectivity index (χ4n) is 1.76. The van der Waals surface area contributed by atoms with Crippen LogP contribution >= 0.6 is 12.4 Å². The zero-order chi connectivity index (χ0) is 11.1. The summed E-state index contributed by atoms with van der Waals surface area (Å²) in [6.45, 7) is 0. The largest absolute Gasteiger partial charge is 0.455 e. The van der Waals surface area contributed by atoms with Crippen LogP contribution in [0.3, 0.4) is 0 Å². The fraction of sp³-hybridized carbons (Fsp3) is 0.750. The van der Waals surface area contributed by atoms with Crippen LogP contribution in [0, 0.1) is 0 Å². The Kier molecular flexibility index (Phi) is 3.80. The van der Waals surface area contributed by atoms with Crippen LogP contribution < -0.4 is 5.73 Å². The van der Waals surface area contributed by atoms with E-state index in [0.29, 0.717) is 12.8 Å². The third-order valence-electron chi connectivity index (χ3n) is 2.52. The van der Waals surface area contributed by atoms with Gasteiger partial charge in [-0.2, -0.15) is 18.2 Å². The van der Waals surface area contributed by atoms with Gasteiger partial charge in [0.2, 0.25) is 5.89 Å². The van der Waals surface area contributed by atoms with E-state index in [9.17, 15) is 13.2 Å². The summed E-state index contributed by atoms with van der Waals surface area (Å²) < 4.78 is 41.1. The van der Waals surface area contributed by atoms with Crippen molar-refractivity contribution in [1.82, 2.24) is 10.1 Å². The molecule has 1 aromatic rings. The van der Waals surface area contributed by atoms with Crippen LogP contribution in [0.1, 0.15) is 36.9 Å². The van der Waals surface area contributed by atoms with E-state index in [1.165, 1.54) is 0 Å². The van der Waals surface area contributed by atoms with E-state index in [4.69, 9.17) is 5.73 Å². The van der Waals surface area contributed by atoms with Crippen molar-refractivity contribution in [2.45, 2.75) is 37.4 Å². The van der Waals surface area contributed by atoms with Gasteiger partial charge in [-0.25, -0.2) is 0 Å². The van der Waals surface area contributed by atoms with Crippen molar-refractivity contribution >= 4 is 12.4 Å². The van der Waals surface area contributed by atoms with E-state index >= 15 is 0 Å². The molecule has 1 heterocycles. The van der Waals surface area contributed by atoms with Crippen LogP contribution in [0.25, 0.3) is 0 Å². The van der Waals surface area contributed by atoms with Gasteiger partial charge in [0.25, 0.3) is 5.82 Å². The van der Waals surface area contributed by atoms with Gasteiger partial charge in [0.05, 0.1) is 0 Å². The number of hydrogen-bond donors (Lipinski definition) is 1.